The molecule has 1 fully saturated rings. The van der Waals surface area contributed by atoms with Crippen LogP contribution in [0.2, 0.25) is 0 Å². The average molecular weight is 439 g/mol. The zero-order valence-electron chi connectivity index (χ0n) is 15.8. The maximum atomic E-state index is 12.5. The Balaban J connectivity index is 1.43. The van der Waals surface area contributed by atoms with E-state index in [0.29, 0.717) is 17.6 Å². The molecule has 1 aliphatic rings. The topological polar surface area (TPSA) is 45.5 Å². The number of furan rings is 1. The molecule has 1 aliphatic heterocycles. The standard InChI is InChI=1S/C23H23BrN2O2/c1-16-4-2-3-15-26(16)20-11-9-19(10-12-20)25-23(27)22-14-13-21(28-22)17-5-7-18(24)8-6-17/h5-14,16H,2-4,15H2,1H3,(H,25,27)/t16-/m0/s1. The molecule has 0 aliphatic carbocycles. The van der Waals surface area contributed by atoms with Gasteiger partial charge < -0.3 is 14.6 Å². The van der Waals surface area contributed by atoms with Crippen molar-refractivity contribution in [3.05, 3.63) is 70.9 Å². The Morgan fingerprint density at radius 2 is 1.79 bits per heavy atom. The number of benzene rings is 2. The van der Waals surface area contributed by atoms with E-state index in [-0.39, 0.29) is 5.91 Å². The first-order valence-corrected chi connectivity index (χ1v) is 10.4. The fourth-order valence-electron chi connectivity index (χ4n) is 3.64. The number of nitrogens with one attached hydrogen (secondary N) is 1. The van der Waals surface area contributed by atoms with E-state index in [1.165, 1.54) is 24.9 Å². The largest absolute Gasteiger partial charge is 0.451 e. The van der Waals surface area contributed by atoms with Gasteiger partial charge in [0.25, 0.3) is 5.91 Å². The fourth-order valence-corrected chi connectivity index (χ4v) is 3.90. The predicted molar refractivity (Wildman–Crippen MR) is 117 cm³/mol. The number of amides is 1. The van der Waals surface area contributed by atoms with E-state index >= 15 is 0 Å². The normalized spacial score (nSPS) is 16.8. The molecular weight excluding hydrogens is 416 g/mol. The smallest absolute Gasteiger partial charge is 0.291 e. The summed E-state index contributed by atoms with van der Waals surface area (Å²) in [5, 5.41) is 2.91. The van der Waals surface area contributed by atoms with E-state index in [1.54, 1.807) is 6.07 Å². The first-order valence-electron chi connectivity index (χ1n) is 9.64. The van der Waals surface area contributed by atoms with Crippen LogP contribution in [0.15, 0.2) is 69.6 Å². The second-order valence-electron chi connectivity index (χ2n) is 7.21. The van der Waals surface area contributed by atoms with Crippen LogP contribution < -0.4 is 10.2 Å². The van der Waals surface area contributed by atoms with Crippen LogP contribution in [0.5, 0.6) is 0 Å². The third kappa shape index (κ3) is 4.14. The lowest BCUT2D eigenvalue weighted by atomic mass is 10.0. The molecule has 2 heterocycles. The molecule has 1 saturated heterocycles. The SMILES string of the molecule is C[C@H]1CCCCN1c1ccc(NC(=O)c2ccc(-c3ccc(Br)cc3)o2)cc1. The van der Waals surface area contributed by atoms with Gasteiger partial charge in [-0.05, 0) is 74.7 Å². The summed E-state index contributed by atoms with van der Waals surface area (Å²) in [5.41, 5.74) is 2.91. The number of anilines is 2. The highest BCUT2D eigenvalue weighted by atomic mass is 79.9. The Morgan fingerprint density at radius 1 is 1.04 bits per heavy atom. The Bertz CT molecular complexity index is 947. The molecule has 0 radical (unpaired) electrons. The number of hydrogen-bond acceptors (Lipinski definition) is 3. The van der Waals surface area contributed by atoms with Crippen LogP contribution in [0, 0.1) is 0 Å². The molecule has 1 atom stereocenters. The highest BCUT2D eigenvalue weighted by Crippen LogP contribution is 2.27. The summed E-state index contributed by atoms with van der Waals surface area (Å²) < 4.78 is 6.74. The monoisotopic (exact) mass is 438 g/mol. The van der Waals surface area contributed by atoms with E-state index in [1.807, 2.05) is 42.5 Å². The third-order valence-corrected chi connectivity index (χ3v) is 5.75. The zero-order valence-corrected chi connectivity index (χ0v) is 17.4. The second-order valence-corrected chi connectivity index (χ2v) is 8.13. The van der Waals surface area contributed by atoms with Crippen LogP contribution in [-0.2, 0) is 0 Å². The summed E-state index contributed by atoms with van der Waals surface area (Å²) in [7, 11) is 0. The zero-order chi connectivity index (χ0) is 19.5. The van der Waals surface area contributed by atoms with Crippen molar-refractivity contribution in [2.45, 2.75) is 32.2 Å². The molecule has 144 valence electrons. The minimum Gasteiger partial charge on any atom is -0.451 e. The Morgan fingerprint density at radius 3 is 2.50 bits per heavy atom. The van der Waals surface area contributed by atoms with Gasteiger partial charge in [-0.25, -0.2) is 0 Å². The molecule has 1 amide bonds. The average Bonchev–Trinajstić information content (AvgIpc) is 3.20. The van der Waals surface area contributed by atoms with Crippen molar-refractivity contribution in [2.24, 2.45) is 0 Å². The van der Waals surface area contributed by atoms with Crippen molar-refractivity contribution >= 4 is 33.2 Å². The van der Waals surface area contributed by atoms with Crippen molar-refractivity contribution < 1.29 is 9.21 Å². The Kier molecular flexibility index (Phi) is 5.53. The first kappa shape index (κ1) is 18.8. The molecule has 1 aromatic heterocycles. The van der Waals surface area contributed by atoms with Crippen LogP contribution in [0.25, 0.3) is 11.3 Å². The number of rotatable bonds is 4. The summed E-state index contributed by atoms with van der Waals surface area (Å²) in [4.78, 5) is 15.0. The van der Waals surface area contributed by atoms with Gasteiger partial charge in [0.1, 0.15) is 5.76 Å². The van der Waals surface area contributed by atoms with Crippen LogP contribution in [0.3, 0.4) is 0 Å². The molecule has 28 heavy (non-hydrogen) atoms. The van der Waals surface area contributed by atoms with E-state index < -0.39 is 0 Å². The van der Waals surface area contributed by atoms with Gasteiger partial charge in [-0.15, -0.1) is 0 Å². The molecule has 4 rings (SSSR count). The number of hydrogen-bond donors (Lipinski definition) is 1. The van der Waals surface area contributed by atoms with Crippen molar-refractivity contribution in [3.8, 4) is 11.3 Å². The molecule has 0 unspecified atom stereocenters. The lowest BCUT2D eigenvalue weighted by Gasteiger charge is -2.35. The van der Waals surface area contributed by atoms with Crippen LogP contribution in [0.4, 0.5) is 11.4 Å². The highest BCUT2D eigenvalue weighted by molar-refractivity contribution is 9.10. The minimum atomic E-state index is -0.248. The number of carbonyl (C=O) groups is 1. The summed E-state index contributed by atoms with van der Waals surface area (Å²) >= 11 is 3.42. The van der Waals surface area contributed by atoms with Gasteiger partial charge >= 0.3 is 0 Å². The van der Waals surface area contributed by atoms with Gasteiger partial charge in [-0.1, -0.05) is 28.1 Å². The summed E-state index contributed by atoms with van der Waals surface area (Å²) in [5.74, 6) is 0.723. The Hall–Kier alpha value is -2.53. The summed E-state index contributed by atoms with van der Waals surface area (Å²) in [6, 6.07) is 19.9. The molecule has 2 aromatic carbocycles. The lowest BCUT2D eigenvalue weighted by molar-refractivity contribution is 0.0997. The van der Waals surface area contributed by atoms with Crippen molar-refractivity contribution in [1.29, 1.82) is 0 Å². The number of halogens is 1. The van der Waals surface area contributed by atoms with Crippen molar-refractivity contribution in [1.82, 2.24) is 0 Å². The van der Waals surface area contributed by atoms with Crippen LogP contribution in [0.1, 0.15) is 36.7 Å². The quantitative estimate of drug-likeness (QED) is 0.516. The third-order valence-electron chi connectivity index (χ3n) is 5.22. The van der Waals surface area contributed by atoms with Gasteiger partial charge in [0.15, 0.2) is 5.76 Å². The van der Waals surface area contributed by atoms with Gasteiger partial charge in [-0.3, -0.25) is 4.79 Å². The molecule has 0 bridgehead atoms. The van der Waals surface area contributed by atoms with E-state index in [9.17, 15) is 4.79 Å². The van der Waals surface area contributed by atoms with Crippen LogP contribution in [-0.4, -0.2) is 18.5 Å². The second kappa shape index (κ2) is 8.23. The molecule has 0 spiro atoms. The maximum absolute atomic E-state index is 12.5. The first-order chi connectivity index (χ1) is 13.6. The van der Waals surface area contributed by atoms with Crippen LogP contribution >= 0.6 is 15.9 Å². The van der Waals surface area contributed by atoms with Gasteiger partial charge in [0.2, 0.25) is 0 Å². The Labute approximate surface area is 173 Å². The van der Waals surface area contributed by atoms with Crippen molar-refractivity contribution in [2.75, 3.05) is 16.8 Å². The summed E-state index contributed by atoms with van der Waals surface area (Å²) in [6.45, 7) is 3.37. The molecule has 5 heteroatoms. The van der Waals surface area contributed by atoms with Gasteiger partial charge in [-0.2, -0.15) is 0 Å². The molecular formula is C23H23BrN2O2. The maximum Gasteiger partial charge on any atom is 0.291 e. The molecule has 1 N–H and O–H groups in total. The lowest BCUT2D eigenvalue weighted by Crippen LogP contribution is -2.37. The predicted octanol–water partition coefficient (Wildman–Crippen LogP) is 6.34. The van der Waals surface area contributed by atoms with Crippen molar-refractivity contribution in [3.63, 3.8) is 0 Å². The highest BCUT2D eigenvalue weighted by Gasteiger charge is 2.18. The fraction of sp³-hybridized carbons (Fsp3) is 0.261. The van der Waals surface area contributed by atoms with E-state index in [2.05, 4.69) is 45.2 Å². The number of carbonyl (C=O) groups excluding carboxylic acids is 1. The molecule has 4 nitrogen and oxygen atoms in total. The number of piperidine rings is 1. The molecule has 0 saturated carbocycles. The van der Waals surface area contributed by atoms with Gasteiger partial charge in [0.05, 0.1) is 0 Å². The summed E-state index contributed by atoms with van der Waals surface area (Å²) in [6.07, 6.45) is 3.77. The number of nitrogens with zero attached hydrogens (tertiary/aromatic N) is 1. The van der Waals surface area contributed by atoms with E-state index in [4.69, 9.17) is 4.42 Å². The molecule has 3 aromatic rings. The minimum absolute atomic E-state index is 0.248. The van der Waals surface area contributed by atoms with Gasteiger partial charge in [0, 0.05) is 34.0 Å². The van der Waals surface area contributed by atoms with E-state index in [0.717, 1.165) is 22.3 Å².